The normalized spacial score (nSPS) is 11.8. The van der Waals surface area contributed by atoms with Gasteiger partial charge in [-0.05, 0) is 55.5 Å². The molecule has 0 atom stereocenters. The molecule has 0 aliphatic carbocycles. The topological polar surface area (TPSA) is 69.0 Å². The highest BCUT2D eigenvalue weighted by atomic mass is 35.5. The SMILES string of the molecule is Cc1scc2c(S(=O)(=O)c3ccc(F)cc3)nn(-c3ccc(Cl)cc3)c(=O)c12. The Kier molecular flexibility index (Phi) is 4.57. The molecule has 0 saturated carbocycles. The molecule has 2 heterocycles. The second kappa shape index (κ2) is 6.80. The fourth-order valence-corrected chi connectivity index (χ4v) is 5.25. The Labute approximate surface area is 168 Å². The summed E-state index contributed by atoms with van der Waals surface area (Å²) in [5, 5.41) is 6.53. The molecule has 0 unspecified atom stereocenters. The van der Waals surface area contributed by atoms with Gasteiger partial charge in [0.1, 0.15) is 5.82 Å². The maximum Gasteiger partial charge on any atom is 0.280 e. The summed E-state index contributed by atoms with van der Waals surface area (Å²) in [5.74, 6) is -0.547. The van der Waals surface area contributed by atoms with Crippen molar-refractivity contribution < 1.29 is 12.8 Å². The number of hydrogen-bond donors (Lipinski definition) is 0. The van der Waals surface area contributed by atoms with Gasteiger partial charge in [-0.3, -0.25) is 4.79 Å². The van der Waals surface area contributed by atoms with E-state index in [0.717, 1.165) is 16.8 Å². The van der Waals surface area contributed by atoms with E-state index in [2.05, 4.69) is 5.10 Å². The third-order valence-corrected chi connectivity index (χ3v) is 7.12. The molecule has 0 saturated heterocycles. The van der Waals surface area contributed by atoms with E-state index >= 15 is 0 Å². The van der Waals surface area contributed by atoms with Crippen LogP contribution in [0.15, 0.2) is 68.6 Å². The summed E-state index contributed by atoms with van der Waals surface area (Å²) in [6.07, 6.45) is 0. The zero-order valence-electron chi connectivity index (χ0n) is 14.4. The number of aromatic nitrogens is 2. The molecule has 2 aromatic carbocycles. The Morgan fingerprint density at radius 3 is 2.36 bits per heavy atom. The standard InChI is InChI=1S/C19H12ClFN2O3S2/c1-11-17-16(10-27-11)18(28(25,26)15-8-4-13(21)5-9-15)22-23(19(17)24)14-6-2-12(20)3-7-14/h2-10H,1H3. The number of hydrogen-bond acceptors (Lipinski definition) is 5. The number of thiophene rings is 1. The van der Waals surface area contributed by atoms with Crippen molar-refractivity contribution in [2.45, 2.75) is 16.8 Å². The Hall–Kier alpha value is -2.55. The van der Waals surface area contributed by atoms with Crippen LogP contribution in [-0.2, 0) is 9.84 Å². The number of benzene rings is 2. The van der Waals surface area contributed by atoms with Crippen LogP contribution in [0.1, 0.15) is 4.88 Å². The molecule has 0 fully saturated rings. The first kappa shape index (κ1) is 18.8. The highest BCUT2D eigenvalue weighted by Gasteiger charge is 2.26. The van der Waals surface area contributed by atoms with Crippen LogP contribution in [-0.4, -0.2) is 18.2 Å². The van der Waals surface area contributed by atoms with Crippen LogP contribution < -0.4 is 5.56 Å². The Morgan fingerprint density at radius 1 is 1.07 bits per heavy atom. The molecule has 9 heteroatoms. The van der Waals surface area contributed by atoms with Gasteiger partial charge >= 0.3 is 0 Å². The summed E-state index contributed by atoms with van der Waals surface area (Å²) in [6, 6.07) is 10.8. The maximum absolute atomic E-state index is 13.2. The lowest BCUT2D eigenvalue weighted by molar-refractivity contribution is 0.587. The van der Waals surface area contributed by atoms with Crippen LogP contribution in [0.3, 0.4) is 0 Å². The molecule has 142 valence electrons. The van der Waals surface area contributed by atoms with E-state index in [1.807, 2.05) is 0 Å². The van der Waals surface area contributed by atoms with Gasteiger partial charge in [0.05, 0.1) is 16.0 Å². The van der Waals surface area contributed by atoms with E-state index in [0.29, 0.717) is 15.6 Å². The van der Waals surface area contributed by atoms with Crippen LogP contribution in [0.5, 0.6) is 0 Å². The van der Waals surface area contributed by atoms with Crippen LogP contribution >= 0.6 is 22.9 Å². The Bertz CT molecular complexity index is 1360. The fraction of sp³-hybridized carbons (Fsp3) is 0.0526. The number of nitrogens with zero attached hydrogens (tertiary/aromatic N) is 2. The molecule has 0 amide bonds. The largest absolute Gasteiger partial charge is 0.280 e. The predicted octanol–water partition coefficient (Wildman–Crippen LogP) is 4.38. The van der Waals surface area contributed by atoms with Gasteiger partial charge in [-0.15, -0.1) is 11.3 Å². The van der Waals surface area contributed by atoms with Crippen molar-refractivity contribution in [1.82, 2.24) is 9.78 Å². The van der Waals surface area contributed by atoms with Gasteiger partial charge in [0.15, 0.2) is 5.03 Å². The number of aryl methyl sites for hydroxylation is 1. The summed E-state index contributed by atoms with van der Waals surface area (Å²) < 4.78 is 40.7. The summed E-state index contributed by atoms with van der Waals surface area (Å²) >= 11 is 7.17. The minimum absolute atomic E-state index is 0.104. The highest BCUT2D eigenvalue weighted by Crippen LogP contribution is 2.30. The number of sulfone groups is 1. The molecule has 0 aliphatic rings. The molecule has 4 aromatic rings. The van der Waals surface area contributed by atoms with Crippen LogP contribution in [0.4, 0.5) is 4.39 Å². The third kappa shape index (κ3) is 3.03. The predicted molar refractivity (Wildman–Crippen MR) is 107 cm³/mol. The van der Waals surface area contributed by atoms with Crippen molar-refractivity contribution in [2.75, 3.05) is 0 Å². The average Bonchev–Trinajstić information content (AvgIpc) is 3.05. The summed E-state index contributed by atoms with van der Waals surface area (Å²) in [6.45, 7) is 1.74. The number of rotatable bonds is 3. The van der Waals surface area contributed by atoms with Gasteiger partial charge in [0.2, 0.25) is 9.84 Å². The molecule has 28 heavy (non-hydrogen) atoms. The molecule has 0 aliphatic heterocycles. The number of fused-ring (bicyclic) bond motifs is 1. The quantitative estimate of drug-likeness (QED) is 0.449. The molecule has 5 nitrogen and oxygen atoms in total. The van der Waals surface area contributed by atoms with E-state index in [4.69, 9.17) is 11.6 Å². The van der Waals surface area contributed by atoms with E-state index in [-0.39, 0.29) is 20.7 Å². The third-order valence-electron chi connectivity index (χ3n) is 4.25. The molecule has 0 spiro atoms. The molecule has 0 bridgehead atoms. The van der Waals surface area contributed by atoms with Gasteiger partial charge in [-0.2, -0.15) is 9.78 Å². The zero-order chi connectivity index (χ0) is 20.1. The van der Waals surface area contributed by atoms with Crippen molar-refractivity contribution in [3.05, 3.63) is 80.0 Å². The minimum Gasteiger partial charge on any atom is -0.267 e. The van der Waals surface area contributed by atoms with Gasteiger partial charge in [-0.1, -0.05) is 11.6 Å². The minimum atomic E-state index is -4.08. The highest BCUT2D eigenvalue weighted by molar-refractivity contribution is 7.91. The first-order valence-corrected chi connectivity index (χ1v) is 10.8. The average molecular weight is 435 g/mol. The van der Waals surface area contributed by atoms with Gasteiger partial charge in [0, 0.05) is 20.7 Å². The van der Waals surface area contributed by atoms with Crippen LogP contribution in [0.2, 0.25) is 5.02 Å². The summed E-state index contributed by atoms with van der Waals surface area (Å²) in [4.78, 5) is 13.6. The second-order valence-corrected chi connectivity index (χ2v) is 9.42. The summed E-state index contributed by atoms with van der Waals surface area (Å²) in [7, 11) is -4.08. The first-order valence-electron chi connectivity index (χ1n) is 8.07. The molecule has 2 aromatic heterocycles. The fourth-order valence-electron chi connectivity index (χ4n) is 2.86. The van der Waals surface area contributed by atoms with E-state index < -0.39 is 21.2 Å². The molecule has 0 radical (unpaired) electrons. The van der Waals surface area contributed by atoms with E-state index in [1.54, 1.807) is 36.6 Å². The zero-order valence-corrected chi connectivity index (χ0v) is 16.8. The molecule has 0 N–H and O–H groups in total. The number of halogens is 2. The lowest BCUT2D eigenvalue weighted by atomic mass is 10.2. The molecule has 4 rings (SSSR count). The van der Waals surface area contributed by atoms with Gasteiger partial charge in [0.25, 0.3) is 5.56 Å². The first-order chi connectivity index (χ1) is 13.3. The lowest BCUT2D eigenvalue weighted by Crippen LogP contribution is -2.24. The van der Waals surface area contributed by atoms with E-state index in [1.165, 1.54) is 23.5 Å². The van der Waals surface area contributed by atoms with Crippen LogP contribution in [0, 0.1) is 12.7 Å². The molecular formula is C19H12ClFN2O3S2. The lowest BCUT2D eigenvalue weighted by Gasteiger charge is -2.10. The Balaban J connectivity index is 2.06. The maximum atomic E-state index is 13.2. The second-order valence-electron chi connectivity index (χ2n) is 6.04. The Morgan fingerprint density at radius 2 is 1.71 bits per heavy atom. The smallest absolute Gasteiger partial charge is 0.267 e. The van der Waals surface area contributed by atoms with Crippen molar-refractivity contribution in [3.8, 4) is 5.69 Å². The van der Waals surface area contributed by atoms with Gasteiger partial charge < -0.3 is 0 Å². The van der Waals surface area contributed by atoms with E-state index in [9.17, 15) is 17.6 Å². The van der Waals surface area contributed by atoms with Crippen molar-refractivity contribution in [1.29, 1.82) is 0 Å². The summed E-state index contributed by atoms with van der Waals surface area (Å²) in [5.41, 5.74) is -0.0356. The monoisotopic (exact) mass is 434 g/mol. The van der Waals surface area contributed by atoms with Crippen molar-refractivity contribution >= 4 is 43.5 Å². The van der Waals surface area contributed by atoms with Gasteiger partial charge in [-0.25, -0.2) is 12.8 Å². The van der Waals surface area contributed by atoms with Crippen LogP contribution in [0.25, 0.3) is 16.5 Å². The van der Waals surface area contributed by atoms with Crippen molar-refractivity contribution in [3.63, 3.8) is 0 Å². The van der Waals surface area contributed by atoms with Crippen molar-refractivity contribution in [2.24, 2.45) is 0 Å². The molecular weight excluding hydrogens is 423 g/mol.